The number of ether oxygens (including phenoxy) is 1. The lowest BCUT2D eigenvalue weighted by Gasteiger charge is -1.99. The van der Waals surface area contributed by atoms with Gasteiger partial charge >= 0.3 is 0 Å². The summed E-state index contributed by atoms with van der Waals surface area (Å²) in [6, 6.07) is 11.1. The van der Waals surface area contributed by atoms with Gasteiger partial charge in [0.1, 0.15) is 13.2 Å². The summed E-state index contributed by atoms with van der Waals surface area (Å²) < 4.78 is 10.6. The van der Waals surface area contributed by atoms with Crippen molar-refractivity contribution in [3.05, 3.63) is 56.0 Å². The van der Waals surface area contributed by atoms with E-state index in [1.54, 1.807) is 35.4 Å². The quantitative estimate of drug-likeness (QED) is 0.434. The third-order valence-corrected chi connectivity index (χ3v) is 7.24. The summed E-state index contributed by atoms with van der Waals surface area (Å²) in [6.07, 6.45) is 0. The number of carbonyl (C=O) groups excluding carboxylic acids is 2. The molecule has 2 amide bonds. The van der Waals surface area contributed by atoms with Crippen LogP contribution in [0.5, 0.6) is 0 Å². The molecule has 2 heterocycles. The number of hydrogen-bond donors (Lipinski definition) is 0. The average Bonchev–Trinajstić information content (AvgIpc) is 3.20. The SMILES string of the molecule is Cn1c(=NC(=O)COCC(=O)N=c2sc3cccc(Cl)c3n2C)sc2cccc(Cl)c21. The molecule has 11 heteroatoms. The molecule has 0 aliphatic rings. The topological polar surface area (TPSA) is 78.0 Å². The van der Waals surface area contributed by atoms with Crippen molar-refractivity contribution in [2.75, 3.05) is 13.2 Å². The zero-order valence-corrected chi connectivity index (χ0v) is 19.6. The number of carbonyl (C=O) groups is 2. The van der Waals surface area contributed by atoms with Gasteiger partial charge in [0.2, 0.25) is 0 Å². The number of aromatic nitrogens is 2. The number of amides is 2. The number of nitrogens with zero attached hydrogens (tertiary/aromatic N) is 4. The molecule has 2 aromatic heterocycles. The smallest absolute Gasteiger partial charge is 0.274 e. The summed E-state index contributed by atoms with van der Waals surface area (Å²) in [5.41, 5.74) is 1.62. The molecule has 0 bridgehead atoms. The Hall–Kier alpha value is -2.30. The van der Waals surface area contributed by atoms with Gasteiger partial charge < -0.3 is 13.9 Å². The number of fused-ring (bicyclic) bond motifs is 2. The molecule has 0 saturated carbocycles. The van der Waals surface area contributed by atoms with Crippen LogP contribution in [0.2, 0.25) is 10.0 Å². The normalized spacial score (nSPS) is 12.9. The van der Waals surface area contributed by atoms with Crippen LogP contribution in [0.15, 0.2) is 46.4 Å². The summed E-state index contributed by atoms with van der Waals surface area (Å²) >= 11 is 15.1. The molecule has 0 fully saturated rings. The van der Waals surface area contributed by atoms with Crippen molar-refractivity contribution in [3.8, 4) is 0 Å². The van der Waals surface area contributed by atoms with Crippen LogP contribution >= 0.6 is 45.9 Å². The Morgan fingerprint density at radius 1 is 0.839 bits per heavy atom. The minimum atomic E-state index is -0.495. The van der Waals surface area contributed by atoms with E-state index in [-0.39, 0.29) is 13.2 Å². The molecule has 160 valence electrons. The Labute approximate surface area is 194 Å². The number of benzene rings is 2. The lowest BCUT2D eigenvalue weighted by atomic mass is 10.3. The highest BCUT2D eigenvalue weighted by Crippen LogP contribution is 2.25. The van der Waals surface area contributed by atoms with Crippen LogP contribution in [0.1, 0.15) is 0 Å². The van der Waals surface area contributed by atoms with Gasteiger partial charge in [-0.1, -0.05) is 58.0 Å². The molecule has 0 aliphatic heterocycles. The fourth-order valence-electron chi connectivity index (χ4n) is 3.03. The van der Waals surface area contributed by atoms with Gasteiger partial charge in [-0.3, -0.25) is 9.59 Å². The van der Waals surface area contributed by atoms with Crippen molar-refractivity contribution in [1.82, 2.24) is 9.13 Å². The van der Waals surface area contributed by atoms with Gasteiger partial charge in [-0.2, -0.15) is 9.98 Å². The van der Waals surface area contributed by atoms with Gasteiger partial charge in [0, 0.05) is 14.1 Å². The number of halogens is 2. The maximum atomic E-state index is 12.2. The fourth-order valence-corrected chi connectivity index (χ4v) is 5.87. The largest absolute Gasteiger partial charge is 0.362 e. The van der Waals surface area contributed by atoms with E-state index >= 15 is 0 Å². The molecular weight excluding hydrogens is 479 g/mol. The molecule has 2 aromatic carbocycles. The molecule has 0 aliphatic carbocycles. The standard InChI is InChI=1S/C20H16Cl2N4O3S2/c1-25-17-11(21)5-3-7-13(17)30-19(25)23-15(27)9-29-10-16(28)24-20-26(2)18-12(22)6-4-8-14(18)31-20/h3-8H,9-10H2,1-2H3. The van der Waals surface area contributed by atoms with Gasteiger partial charge in [0.05, 0.1) is 30.5 Å². The van der Waals surface area contributed by atoms with Crippen LogP contribution in [-0.4, -0.2) is 34.2 Å². The molecule has 0 atom stereocenters. The van der Waals surface area contributed by atoms with Gasteiger partial charge in [-0.25, -0.2) is 0 Å². The van der Waals surface area contributed by atoms with Crippen LogP contribution in [0.25, 0.3) is 20.4 Å². The van der Waals surface area contributed by atoms with Crippen molar-refractivity contribution >= 4 is 78.1 Å². The summed E-state index contributed by atoms with van der Waals surface area (Å²) in [5, 5.41) is 1.17. The van der Waals surface area contributed by atoms with Gasteiger partial charge in [-0.05, 0) is 24.3 Å². The first-order chi connectivity index (χ1) is 14.8. The molecule has 0 unspecified atom stereocenters. The number of thiazole rings is 2. The maximum Gasteiger partial charge on any atom is 0.274 e. The third-order valence-electron chi connectivity index (χ3n) is 4.44. The minimum absolute atomic E-state index is 0.326. The Kier molecular flexibility index (Phi) is 6.40. The highest BCUT2D eigenvalue weighted by Gasteiger charge is 2.10. The summed E-state index contributed by atoms with van der Waals surface area (Å²) in [4.78, 5) is 33.5. The fraction of sp³-hybridized carbons (Fsp3) is 0.200. The van der Waals surface area contributed by atoms with E-state index in [0.717, 1.165) is 20.4 Å². The molecule has 0 radical (unpaired) electrons. The first-order valence-electron chi connectivity index (χ1n) is 9.06. The number of para-hydroxylation sites is 2. The van der Waals surface area contributed by atoms with Crippen molar-refractivity contribution in [3.63, 3.8) is 0 Å². The number of hydrogen-bond acceptors (Lipinski definition) is 5. The van der Waals surface area contributed by atoms with Crippen LogP contribution < -0.4 is 9.60 Å². The minimum Gasteiger partial charge on any atom is -0.362 e. The number of aryl methyl sites for hydroxylation is 2. The molecule has 7 nitrogen and oxygen atoms in total. The number of rotatable bonds is 4. The van der Waals surface area contributed by atoms with Crippen LogP contribution in [0.3, 0.4) is 0 Å². The second-order valence-corrected chi connectivity index (χ2v) is 9.40. The van der Waals surface area contributed by atoms with E-state index in [2.05, 4.69) is 9.98 Å². The maximum absolute atomic E-state index is 12.2. The molecular formula is C20H16Cl2N4O3S2. The molecule has 4 rings (SSSR count). The highest BCUT2D eigenvalue weighted by molar-refractivity contribution is 7.16. The van der Waals surface area contributed by atoms with Crippen molar-refractivity contribution in [1.29, 1.82) is 0 Å². The Morgan fingerprint density at radius 2 is 1.26 bits per heavy atom. The lowest BCUT2D eigenvalue weighted by Crippen LogP contribution is -2.19. The molecule has 31 heavy (non-hydrogen) atoms. The zero-order chi connectivity index (χ0) is 22.1. The first kappa shape index (κ1) is 21.9. The highest BCUT2D eigenvalue weighted by atomic mass is 35.5. The predicted molar refractivity (Wildman–Crippen MR) is 124 cm³/mol. The van der Waals surface area contributed by atoms with E-state index in [0.29, 0.717) is 19.6 Å². The van der Waals surface area contributed by atoms with E-state index in [9.17, 15) is 9.59 Å². The van der Waals surface area contributed by atoms with Crippen LogP contribution in [0.4, 0.5) is 0 Å². The lowest BCUT2D eigenvalue weighted by molar-refractivity contribution is -0.127. The van der Waals surface area contributed by atoms with E-state index in [1.807, 2.05) is 24.3 Å². The monoisotopic (exact) mass is 494 g/mol. The van der Waals surface area contributed by atoms with Gasteiger partial charge in [0.15, 0.2) is 9.60 Å². The van der Waals surface area contributed by atoms with E-state index in [1.165, 1.54) is 22.7 Å². The Morgan fingerprint density at radius 3 is 1.65 bits per heavy atom. The second kappa shape index (κ2) is 9.05. The van der Waals surface area contributed by atoms with Crippen molar-refractivity contribution in [2.45, 2.75) is 0 Å². The summed E-state index contributed by atoms with van der Waals surface area (Å²) in [6.45, 7) is -0.652. The third kappa shape index (κ3) is 4.51. The zero-order valence-electron chi connectivity index (χ0n) is 16.5. The van der Waals surface area contributed by atoms with Gasteiger partial charge in [0.25, 0.3) is 11.8 Å². The average molecular weight is 495 g/mol. The van der Waals surface area contributed by atoms with Gasteiger partial charge in [-0.15, -0.1) is 0 Å². The van der Waals surface area contributed by atoms with Crippen molar-refractivity contribution < 1.29 is 14.3 Å². The Balaban J connectivity index is 1.44. The predicted octanol–water partition coefficient (Wildman–Crippen LogP) is 3.67. The van der Waals surface area contributed by atoms with Crippen LogP contribution in [-0.2, 0) is 28.4 Å². The molecule has 0 saturated heterocycles. The van der Waals surface area contributed by atoms with Crippen LogP contribution in [0, 0.1) is 0 Å². The summed E-state index contributed by atoms with van der Waals surface area (Å²) in [7, 11) is 3.58. The summed E-state index contributed by atoms with van der Waals surface area (Å²) in [5.74, 6) is -0.990. The molecule has 0 N–H and O–H groups in total. The first-order valence-corrected chi connectivity index (χ1v) is 11.4. The molecule has 0 spiro atoms. The molecule has 4 aromatic rings. The van der Waals surface area contributed by atoms with E-state index in [4.69, 9.17) is 27.9 Å². The second-order valence-electron chi connectivity index (χ2n) is 6.56. The van der Waals surface area contributed by atoms with Crippen molar-refractivity contribution in [2.24, 2.45) is 24.1 Å². The Bertz CT molecular complexity index is 1350. The van der Waals surface area contributed by atoms with E-state index < -0.39 is 11.8 Å².